The normalized spacial score (nSPS) is 14.4. The van der Waals surface area contributed by atoms with Crippen molar-refractivity contribution in [1.82, 2.24) is 15.5 Å². The molecule has 1 heterocycles. The first-order valence-corrected chi connectivity index (χ1v) is 7.96. The van der Waals surface area contributed by atoms with Crippen LogP contribution in [-0.2, 0) is 22.7 Å². The van der Waals surface area contributed by atoms with Gasteiger partial charge in [-0.05, 0) is 37.6 Å². The van der Waals surface area contributed by atoms with Gasteiger partial charge in [-0.3, -0.25) is 9.59 Å². The Labute approximate surface area is 132 Å². The molecular formula is C17H25N3O2. The molecule has 1 saturated heterocycles. The largest absolute Gasteiger partial charge is 0.352 e. The second kappa shape index (κ2) is 8.54. The number of amides is 2. The molecule has 0 saturated carbocycles. The summed E-state index contributed by atoms with van der Waals surface area (Å²) in [6, 6.07) is 8.00. The van der Waals surface area contributed by atoms with Gasteiger partial charge in [-0.1, -0.05) is 24.3 Å². The predicted octanol–water partition coefficient (Wildman–Crippen LogP) is 1.42. The Morgan fingerprint density at radius 2 is 2.05 bits per heavy atom. The summed E-state index contributed by atoms with van der Waals surface area (Å²) in [4.78, 5) is 25.4. The van der Waals surface area contributed by atoms with Crippen LogP contribution in [0.1, 0.15) is 36.8 Å². The molecule has 1 fully saturated rings. The minimum atomic E-state index is 0.0716. The first-order chi connectivity index (χ1) is 10.7. The fourth-order valence-electron chi connectivity index (χ4n) is 2.67. The van der Waals surface area contributed by atoms with E-state index in [-0.39, 0.29) is 11.8 Å². The van der Waals surface area contributed by atoms with Gasteiger partial charge in [-0.25, -0.2) is 0 Å². The van der Waals surface area contributed by atoms with Crippen LogP contribution in [0, 0.1) is 0 Å². The fourth-order valence-corrected chi connectivity index (χ4v) is 2.67. The van der Waals surface area contributed by atoms with E-state index in [1.807, 2.05) is 36.2 Å². The molecule has 1 aromatic carbocycles. The van der Waals surface area contributed by atoms with E-state index in [0.717, 1.165) is 37.1 Å². The van der Waals surface area contributed by atoms with Gasteiger partial charge in [0.1, 0.15) is 0 Å². The number of rotatable bonds is 8. The Hall–Kier alpha value is -1.88. The topological polar surface area (TPSA) is 61.4 Å². The molecule has 2 N–H and O–H groups in total. The van der Waals surface area contributed by atoms with Crippen LogP contribution in [-0.4, -0.2) is 36.9 Å². The molecule has 0 bridgehead atoms. The van der Waals surface area contributed by atoms with Crippen molar-refractivity contribution in [3.63, 3.8) is 0 Å². The average molecular weight is 303 g/mol. The summed E-state index contributed by atoms with van der Waals surface area (Å²) in [5.74, 6) is 0.299. The Morgan fingerprint density at radius 1 is 1.27 bits per heavy atom. The number of benzene rings is 1. The molecule has 0 atom stereocenters. The van der Waals surface area contributed by atoms with Crippen molar-refractivity contribution in [2.75, 3.05) is 20.1 Å². The highest BCUT2D eigenvalue weighted by atomic mass is 16.2. The summed E-state index contributed by atoms with van der Waals surface area (Å²) in [7, 11) is 1.88. The maximum absolute atomic E-state index is 11.8. The van der Waals surface area contributed by atoms with Crippen molar-refractivity contribution in [2.45, 2.75) is 38.8 Å². The monoisotopic (exact) mass is 303 g/mol. The van der Waals surface area contributed by atoms with Gasteiger partial charge >= 0.3 is 0 Å². The second-order valence-corrected chi connectivity index (χ2v) is 5.67. The SMILES string of the molecule is CNCCCC(=O)NCc1ccccc1CN1CCCC1=O. The quantitative estimate of drug-likeness (QED) is 0.714. The number of carbonyl (C=O) groups excluding carboxylic acids is 2. The minimum Gasteiger partial charge on any atom is -0.352 e. The van der Waals surface area contributed by atoms with Crippen LogP contribution in [0.4, 0.5) is 0 Å². The van der Waals surface area contributed by atoms with Crippen molar-refractivity contribution >= 4 is 11.8 Å². The molecule has 0 radical (unpaired) electrons. The van der Waals surface area contributed by atoms with E-state index in [0.29, 0.717) is 25.9 Å². The smallest absolute Gasteiger partial charge is 0.222 e. The minimum absolute atomic E-state index is 0.0716. The van der Waals surface area contributed by atoms with E-state index in [9.17, 15) is 9.59 Å². The zero-order valence-electron chi connectivity index (χ0n) is 13.2. The maximum atomic E-state index is 11.8. The third-order valence-corrected chi connectivity index (χ3v) is 3.96. The number of carbonyl (C=O) groups is 2. The van der Waals surface area contributed by atoms with Crippen molar-refractivity contribution in [3.05, 3.63) is 35.4 Å². The van der Waals surface area contributed by atoms with E-state index in [1.165, 1.54) is 0 Å². The number of nitrogens with one attached hydrogen (secondary N) is 2. The molecular weight excluding hydrogens is 278 g/mol. The highest BCUT2D eigenvalue weighted by Crippen LogP contribution is 2.17. The summed E-state index contributed by atoms with van der Waals surface area (Å²) >= 11 is 0. The lowest BCUT2D eigenvalue weighted by Crippen LogP contribution is -2.27. The average Bonchev–Trinajstić information content (AvgIpc) is 2.92. The molecule has 2 amide bonds. The molecule has 0 spiro atoms. The van der Waals surface area contributed by atoms with Crippen LogP contribution in [0.15, 0.2) is 24.3 Å². The fraction of sp³-hybridized carbons (Fsp3) is 0.529. The molecule has 1 aromatic rings. The standard InChI is InChI=1S/C17H25N3O2/c1-18-10-4-8-16(21)19-12-14-6-2-3-7-15(14)13-20-11-5-9-17(20)22/h2-3,6-7,18H,4-5,8-13H2,1H3,(H,19,21). The molecule has 0 unspecified atom stereocenters. The lowest BCUT2D eigenvalue weighted by molar-refractivity contribution is -0.128. The summed E-state index contributed by atoms with van der Waals surface area (Å²) < 4.78 is 0. The summed E-state index contributed by atoms with van der Waals surface area (Å²) in [6.45, 7) is 2.85. The van der Waals surface area contributed by atoms with E-state index < -0.39 is 0 Å². The van der Waals surface area contributed by atoms with Gasteiger partial charge in [0.15, 0.2) is 0 Å². The number of likely N-dealkylation sites (tertiary alicyclic amines) is 1. The van der Waals surface area contributed by atoms with Gasteiger partial charge < -0.3 is 15.5 Å². The van der Waals surface area contributed by atoms with Gasteiger partial charge in [-0.2, -0.15) is 0 Å². The molecule has 1 aliphatic rings. The molecule has 5 nitrogen and oxygen atoms in total. The van der Waals surface area contributed by atoms with E-state index >= 15 is 0 Å². The first kappa shape index (κ1) is 16.5. The number of hydrogen-bond acceptors (Lipinski definition) is 3. The summed E-state index contributed by atoms with van der Waals surface area (Å²) in [6.07, 6.45) is 2.98. The van der Waals surface area contributed by atoms with Crippen molar-refractivity contribution < 1.29 is 9.59 Å². The Kier molecular flexibility index (Phi) is 6.40. The van der Waals surface area contributed by atoms with E-state index in [4.69, 9.17) is 0 Å². The van der Waals surface area contributed by atoms with Crippen LogP contribution < -0.4 is 10.6 Å². The summed E-state index contributed by atoms with van der Waals surface area (Å²) in [5, 5.41) is 6.00. The van der Waals surface area contributed by atoms with Gasteiger partial charge in [0.2, 0.25) is 11.8 Å². The van der Waals surface area contributed by atoms with E-state index in [2.05, 4.69) is 10.6 Å². The highest BCUT2D eigenvalue weighted by molar-refractivity contribution is 5.78. The van der Waals surface area contributed by atoms with Crippen LogP contribution in [0.5, 0.6) is 0 Å². The van der Waals surface area contributed by atoms with Crippen LogP contribution in [0.3, 0.4) is 0 Å². The number of nitrogens with zero attached hydrogens (tertiary/aromatic N) is 1. The molecule has 1 aliphatic heterocycles. The van der Waals surface area contributed by atoms with Crippen LogP contribution in [0.25, 0.3) is 0 Å². The molecule has 2 rings (SSSR count). The van der Waals surface area contributed by atoms with Crippen LogP contribution >= 0.6 is 0 Å². The molecule has 120 valence electrons. The second-order valence-electron chi connectivity index (χ2n) is 5.67. The molecule has 22 heavy (non-hydrogen) atoms. The van der Waals surface area contributed by atoms with Gasteiger partial charge in [0, 0.05) is 32.5 Å². The van der Waals surface area contributed by atoms with Gasteiger partial charge in [0.05, 0.1) is 0 Å². The maximum Gasteiger partial charge on any atom is 0.222 e. The number of hydrogen-bond donors (Lipinski definition) is 2. The van der Waals surface area contributed by atoms with Crippen molar-refractivity contribution in [2.24, 2.45) is 0 Å². The molecule has 0 aliphatic carbocycles. The lowest BCUT2D eigenvalue weighted by atomic mass is 10.1. The zero-order valence-corrected chi connectivity index (χ0v) is 13.2. The van der Waals surface area contributed by atoms with E-state index in [1.54, 1.807) is 0 Å². The van der Waals surface area contributed by atoms with Crippen LogP contribution in [0.2, 0.25) is 0 Å². The first-order valence-electron chi connectivity index (χ1n) is 7.96. The summed E-state index contributed by atoms with van der Waals surface area (Å²) in [5.41, 5.74) is 2.21. The zero-order chi connectivity index (χ0) is 15.8. The van der Waals surface area contributed by atoms with Crippen molar-refractivity contribution in [1.29, 1.82) is 0 Å². The lowest BCUT2D eigenvalue weighted by Gasteiger charge is -2.18. The molecule has 5 heteroatoms. The van der Waals surface area contributed by atoms with Gasteiger partial charge in [0.25, 0.3) is 0 Å². The Morgan fingerprint density at radius 3 is 2.73 bits per heavy atom. The van der Waals surface area contributed by atoms with Crippen molar-refractivity contribution in [3.8, 4) is 0 Å². The molecule has 0 aromatic heterocycles. The Bertz CT molecular complexity index is 516. The third kappa shape index (κ3) is 4.84. The Balaban J connectivity index is 1.88. The third-order valence-electron chi connectivity index (χ3n) is 3.96. The predicted molar refractivity (Wildman–Crippen MR) is 86.1 cm³/mol. The van der Waals surface area contributed by atoms with Gasteiger partial charge in [-0.15, -0.1) is 0 Å². The highest BCUT2D eigenvalue weighted by Gasteiger charge is 2.20.